The molecule has 0 aliphatic carbocycles. The average Bonchev–Trinajstić information content (AvgIpc) is 3.12. The Hall–Kier alpha value is -3.48. The molecule has 2 aromatic heterocycles. The van der Waals surface area contributed by atoms with Gasteiger partial charge in [0.25, 0.3) is 5.56 Å². The number of benzene rings is 2. The van der Waals surface area contributed by atoms with E-state index in [4.69, 9.17) is 9.26 Å². The van der Waals surface area contributed by atoms with Gasteiger partial charge in [-0.3, -0.25) is 4.79 Å². The molecule has 0 aliphatic rings. The van der Waals surface area contributed by atoms with Crippen molar-refractivity contribution in [2.75, 3.05) is 7.11 Å². The number of nitrogens with zero attached hydrogens (tertiary/aromatic N) is 4. The highest BCUT2D eigenvalue weighted by Crippen LogP contribution is 2.27. The molecule has 4 rings (SSSR count). The third kappa shape index (κ3) is 2.76. The predicted octanol–water partition coefficient (Wildman–Crippen LogP) is 2.50. The van der Waals surface area contributed by atoms with Crippen molar-refractivity contribution < 1.29 is 9.26 Å². The molecule has 7 heteroatoms. The van der Waals surface area contributed by atoms with Gasteiger partial charge in [-0.2, -0.15) is 10.1 Å². The van der Waals surface area contributed by atoms with Crippen molar-refractivity contribution in [2.45, 2.75) is 6.54 Å². The maximum Gasteiger partial charge on any atom is 0.275 e. The van der Waals surface area contributed by atoms with Crippen LogP contribution in [0.15, 0.2) is 64.0 Å². The Labute approximate surface area is 142 Å². The minimum absolute atomic E-state index is 0.103. The van der Waals surface area contributed by atoms with E-state index in [2.05, 4.69) is 15.2 Å². The second-order valence-electron chi connectivity index (χ2n) is 5.41. The molecular formula is C18H14N4O3. The summed E-state index contributed by atoms with van der Waals surface area (Å²) >= 11 is 0. The van der Waals surface area contributed by atoms with Gasteiger partial charge in [0, 0.05) is 5.39 Å². The van der Waals surface area contributed by atoms with Gasteiger partial charge in [0.1, 0.15) is 12.3 Å². The van der Waals surface area contributed by atoms with Crippen LogP contribution in [0.25, 0.3) is 22.2 Å². The summed E-state index contributed by atoms with van der Waals surface area (Å²) in [4.78, 5) is 16.8. The van der Waals surface area contributed by atoms with Gasteiger partial charge < -0.3 is 9.26 Å². The summed E-state index contributed by atoms with van der Waals surface area (Å²) < 4.78 is 11.9. The molecule has 2 aromatic carbocycles. The van der Waals surface area contributed by atoms with Crippen LogP contribution in [0, 0.1) is 0 Å². The van der Waals surface area contributed by atoms with Crippen molar-refractivity contribution in [3.63, 3.8) is 0 Å². The van der Waals surface area contributed by atoms with E-state index >= 15 is 0 Å². The third-order valence-electron chi connectivity index (χ3n) is 3.86. The van der Waals surface area contributed by atoms with E-state index in [1.165, 1.54) is 4.68 Å². The lowest BCUT2D eigenvalue weighted by Gasteiger charge is -2.03. The highest BCUT2D eigenvalue weighted by atomic mass is 16.5. The summed E-state index contributed by atoms with van der Waals surface area (Å²) in [5, 5.41) is 9.54. The van der Waals surface area contributed by atoms with Crippen LogP contribution >= 0.6 is 0 Å². The molecule has 0 bridgehead atoms. The van der Waals surface area contributed by atoms with E-state index in [0.29, 0.717) is 22.9 Å². The zero-order valence-electron chi connectivity index (χ0n) is 13.4. The number of aromatic nitrogens is 4. The first-order valence-electron chi connectivity index (χ1n) is 7.67. The topological polar surface area (TPSA) is 83.0 Å². The normalized spacial score (nSPS) is 10.9. The van der Waals surface area contributed by atoms with Crippen molar-refractivity contribution in [2.24, 2.45) is 0 Å². The highest BCUT2D eigenvalue weighted by Gasteiger charge is 2.14. The van der Waals surface area contributed by atoms with E-state index in [1.54, 1.807) is 19.4 Å². The number of para-hydroxylation sites is 1. The lowest BCUT2D eigenvalue weighted by molar-refractivity contribution is 0.363. The van der Waals surface area contributed by atoms with Gasteiger partial charge in [0.2, 0.25) is 11.7 Å². The largest absolute Gasteiger partial charge is 0.496 e. The zero-order valence-corrected chi connectivity index (χ0v) is 13.4. The molecule has 0 atom stereocenters. The Balaban J connectivity index is 1.68. The van der Waals surface area contributed by atoms with Crippen LogP contribution in [0.5, 0.6) is 5.75 Å². The maximum absolute atomic E-state index is 12.5. The molecule has 7 nitrogen and oxygen atoms in total. The smallest absolute Gasteiger partial charge is 0.275 e. The molecule has 0 unspecified atom stereocenters. The van der Waals surface area contributed by atoms with Crippen LogP contribution in [-0.4, -0.2) is 27.0 Å². The van der Waals surface area contributed by atoms with Gasteiger partial charge in [-0.05, 0) is 18.2 Å². The standard InChI is InChI=1S/C18H14N4O3/c1-24-15-9-5-4-8-14(15)17-20-16(25-21-17)11-22-18(23)13-7-3-2-6-12(13)10-19-22/h2-10H,11H2,1H3. The summed E-state index contributed by atoms with van der Waals surface area (Å²) in [5.74, 6) is 1.35. The van der Waals surface area contributed by atoms with Crippen molar-refractivity contribution in [3.05, 3.63) is 71.0 Å². The van der Waals surface area contributed by atoms with E-state index in [1.807, 2.05) is 42.5 Å². The number of methoxy groups -OCH3 is 1. The van der Waals surface area contributed by atoms with E-state index in [-0.39, 0.29) is 12.1 Å². The van der Waals surface area contributed by atoms with Gasteiger partial charge in [-0.15, -0.1) is 0 Å². The van der Waals surface area contributed by atoms with Crippen LogP contribution in [0.1, 0.15) is 5.89 Å². The molecular weight excluding hydrogens is 320 g/mol. The lowest BCUT2D eigenvalue weighted by atomic mass is 10.2. The summed E-state index contributed by atoms with van der Waals surface area (Å²) in [6.07, 6.45) is 1.65. The van der Waals surface area contributed by atoms with Crippen LogP contribution < -0.4 is 10.3 Å². The number of rotatable bonds is 4. The Morgan fingerprint density at radius 2 is 1.92 bits per heavy atom. The number of hydrogen-bond donors (Lipinski definition) is 0. The lowest BCUT2D eigenvalue weighted by Crippen LogP contribution is -2.23. The quantitative estimate of drug-likeness (QED) is 0.570. The first kappa shape index (κ1) is 15.1. The fourth-order valence-electron chi connectivity index (χ4n) is 2.63. The number of ether oxygens (including phenoxy) is 1. The van der Waals surface area contributed by atoms with Crippen LogP contribution in [0.4, 0.5) is 0 Å². The molecule has 0 spiro atoms. The average molecular weight is 334 g/mol. The second kappa shape index (κ2) is 6.20. The molecule has 0 aliphatic heterocycles. The van der Waals surface area contributed by atoms with Gasteiger partial charge >= 0.3 is 0 Å². The first-order valence-corrected chi connectivity index (χ1v) is 7.67. The van der Waals surface area contributed by atoms with Crippen molar-refractivity contribution in [1.29, 1.82) is 0 Å². The fraction of sp³-hybridized carbons (Fsp3) is 0.111. The Morgan fingerprint density at radius 1 is 1.12 bits per heavy atom. The number of fused-ring (bicyclic) bond motifs is 1. The molecule has 2 heterocycles. The maximum atomic E-state index is 12.5. The van der Waals surface area contributed by atoms with Crippen molar-refractivity contribution in [1.82, 2.24) is 19.9 Å². The summed E-state index contributed by atoms with van der Waals surface area (Å²) in [7, 11) is 1.58. The molecule has 0 N–H and O–H groups in total. The molecule has 4 aromatic rings. The van der Waals surface area contributed by atoms with Gasteiger partial charge in [0.05, 0.1) is 24.3 Å². The summed E-state index contributed by atoms with van der Waals surface area (Å²) in [6.45, 7) is 0.103. The zero-order chi connectivity index (χ0) is 17.2. The van der Waals surface area contributed by atoms with Crippen LogP contribution in [-0.2, 0) is 6.54 Å². The van der Waals surface area contributed by atoms with Crippen molar-refractivity contribution in [3.8, 4) is 17.1 Å². The Kier molecular flexibility index (Phi) is 3.74. The first-order chi connectivity index (χ1) is 12.3. The van der Waals surface area contributed by atoms with Crippen LogP contribution in [0.2, 0.25) is 0 Å². The molecule has 0 fully saturated rings. The summed E-state index contributed by atoms with van der Waals surface area (Å²) in [6, 6.07) is 14.7. The molecule has 0 amide bonds. The van der Waals surface area contributed by atoms with Gasteiger partial charge in [0.15, 0.2) is 0 Å². The fourth-order valence-corrected chi connectivity index (χ4v) is 2.63. The third-order valence-corrected chi connectivity index (χ3v) is 3.86. The predicted molar refractivity (Wildman–Crippen MR) is 91.4 cm³/mol. The monoisotopic (exact) mass is 334 g/mol. The molecule has 0 saturated carbocycles. The van der Waals surface area contributed by atoms with E-state index in [9.17, 15) is 4.79 Å². The SMILES string of the molecule is COc1ccccc1-c1noc(Cn2ncc3ccccc3c2=O)n1. The minimum Gasteiger partial charge on any atom is -0.496 e. The highest BCUT2D eigenvalue weighted by molar-refractivity contribution is 5.80. The van der Waals surface area contributed by atoms with Crippen molar-refractivity contribution >= 4 is 10.8 Å². The minimum atomic E-state index is -0.199. The van der Waals surface area contributed by atoms with Crippen LogP contribution in [0.3, 0.4) is 0 Å². The molecule has 0 radical (unpaired) electrons. The van der Waals surface area contributed by atoms with E-state index in [0.717, 1.165) is 10.9 Å². The van der Waals surface area contributed by atoms with E-state index < -0.39 is 0 Å². The molecule has 124 valence electrons. The van der Waals surface area contributed by atoms with Gasteiger partial charge in [-0.1, -0.05) is 35.5 Å². The molecule has 0 saturated heterocycles. The molecule has 25 heavy (non-hydrogen) atoms. The Bertz CT molecular complexity index is 1100. The second-order valence-corrected chi connectivity index (χ2v) is 5.41. The Morgan fingerprint density at radius 3 is 2.80 bits per heavy atom. The van der Waals surface area contributed by atoms with Gasteiger partial charge in [-0.25, -0.2) is 4.68 Å². The number of hydrogen-bond acceptors (Lipinski definition) is 6. The summed E-state index contributed by atoms with van der Waals surface area (Å²) in [5.41, 5.74) is 0.522.